The Balaban J connectivity index is 3.19. The van der Waals surface area contributed by atoms with E-state index >= 15 is 0 Å². The molecule has 0 spiro atoms. The van der Waals surface area contributed by atoms with E-state index in [0.717, 1.165) is 12.1 Å². The monoisotopic (exact) mass is 213 g/mol. The largest absolute Gasteiger partial charge is 0.477 e. The number of rotatable bonds is 3. The topological polar surface area (TPSA) is 63.3 Å². The summed E-state index contributed by atoms with van der Waals surface area (Å²) in [5.41, 5.74) is 4.45. The van der Waals surface area contributed by atoms with Crippen LogP contribution in [0.5, 0.6) is 0 Å². The molecule has 0 aromatic heterocycles. The number of nitrogens with two attached hydrogens (primary N) is 1. The third-order valence-corrected chi connectivity index (χ3v) is 1.72. The van der Waals surface area contributed by atoms with Gasteiger partial charge in [0, 0.05) is 6.54 Å². The minimum absolute atomic E-state index is 0.237. The maximum Gasteiger partial charge on any atom is 0.341 e. The van der Waals surface area contributed by atoms with Crippen LogP contribution in [0.2, 0.25) is 0 Å². The summed E-state index contributed by atoms with van der Waals surface area (Å²) in [4.78, 5) is 10.4. The summed E-state index contributed by atoms with van der Waals surface area (Å²) in [5.74, 6) is -3.82. The van der Waals surface area contributed by atoms with Gasteiger partial charge in [0.05, 0.1) is 0 Å². The Morgan fingerprint density at radius 3 is 2.33 bits per heavy atom. The van der Waals surface area contributed by atoms with E-state index in [1.54, 1.807) is 0 Å². The summed E-state index contributed by atoms with van der Waals surface area (Å²) in [6, 6.07) is 1.89. The molecule has 0 aliphatic heterocycles. The molecule has 0 unspecified atom stereocenters. The molecule has 0 atom stereocenters. The standard InChI is InChI=1S/C10H9F2NO2/c11-7-4-6(2-1-3-13)5-8(12)9(7)10(14)15/h1-2,4-5H,3,13H2,(H,14,15)/b2-1+. The zero-order chi connectivity index (χ0) is 11.4. The predicted octanol–water partition coefficient (Wildman–Crippen LogP) is 1.63. The Morgan fingerprint density at radius 1 is 1.40 bits per heavy atom. The van der Waals surface area contributed by atoms with Crippen molar-refractivity contribution in [2.75, 3.05) is 6.54 Å². The van der Waals surface area contributed by atoms with Crippen LogP contribution < -0.4 is 5.73 Å². The molecule has 1 aromatic carbocycles. The summed E-state index contributed by atoms with van der Waals surface area (Å²) in [7, 11) is 0. The first-order valence-electron chi connectivity index (χ1n) is 4.15. The first-order chi connectivity index (χ1) is 7.06. The lowest BCUT2D eigenvalue weighted by atomic mass is 10.1. The first kappa shape index (κ1) is 11.3. The van der Waals surface area contributed by atoms with Gasteiger partial charge in [-0.25, -0.2) is 13.6 Å². The number of aromatic carboxylic acids is 1. The van der Waals surface area contributed by atoms with Gasteiger partial charge in [0.1, 0.15) is 17.2 Å². The van der Waals surface area contributed by atoms with Crippen molar-refractivity contribution in [2.45, 2.75) is 0 Å². The van der Waals surface area contributed by atoms with Crippen molar-refractivity contribution in [3.8, 4) is 0 Å². The fourth-order valence-electron chi connectivity index (χ4n) is 1.10. The fourth-order valence-corrected chi connectivity index (χ4v) is 1.10. The van der Waals surface area contributed by atoms with Gasteiger partial charge in [-0.05, 0) is 17.7 Å². The van der Waals surface area contributed by atoms with Gasteiger partial charge in [-0.2, -0.15) is 0 Å². The summed E-state index contributed by atoms with van der Waals surface area (Å²) < 4.78 is 26.2. The lowest BCUT2D eigenvalue weighted by Gasteiger charge is -2.01. The van der Waals surface area contributed by atoms with E-state index < -0.39 is 23.2 Å². The van der Waals surface area contributed by atoms with Crippen LogP contribution >= 0.6 is 0 Å². The second-order valence-electron chi connectivity index (χ2n) is 2.80. The Bertz CT molecular complexity index is 393. The Kier molecular flexibility index (Phi) is 3.51. The van der Waals surface area contributed by atoms with Crippen LogP contribution in [-0.2, 0) is 0 Å². The summed E-state index contributed by atoms with van der Waals surface area (Å²) in [6.07, 6.45) is 2.92. The second kappa shape index (κ2) is 4.65. The normalized spacial score (nSPS) is 10.9. The molecule has 0 heterocycles. The molecule has 15 heavy (non-hydrogen) atoms. The van der Waals surface area contributed by atoms with E-state index in [-0.39, 0.29) is 12.1 Å². The lowest BCUT2D eigenvalue weighted by Crippen LogP contribution is -2.04. The molecule has 0 aliphatic rings. The van der Waals surface area contributed by atoms with Crippen LogP contribution in [-0.4, -0.2) is 17.6 Å². The molecule has 0 fully saturated rings. The number of hydrogen-bond donors (Lipinski definition) is 2. The fraction of sp³-hybridized carbons (Fsp3) is 0.100. The van der Waals surface area contributed by atoms with Crippen molar-refractivity contribution in [2.24, 2.45) is 5.73 Å². The van der Waals surface area contributed by atoms with E-state index in [1.165, 1.54) is 12.2 Å². The average Bonchev–Trinajstić information content (AvgIpc) is 2.12. The Morgan fingerprint density at radius 2 is 1.93 bits per heavy atom. The van der Waals surface area contributed by atoms with Gasteiger partial charge in [-0.15, -0.1) is 0 Å². The van der Waals surface area contributed by atoms with Gasteiger partial charge in [0.15, 0.2) is 0 Å². The second-order valence-corrected chi connectivity index (χ2v) is 2.80. The van der Waals surface area contributed by atoms with Crippen molar-refractivity contribution in [1.29, 1.82) is 0 Å². The highest BCUT2D eigenvalue weighted by atomic mass is 19.1. The van der Waals surface area contributed by atoms with E-state index in [9.17, 15) is 13.6 Å². The molecule has 0 bridgehead atoms. The molecule has 1 aromatic rings. The van der Waals surface area contributed by atoms with Crippen molar-refractivity contribution >= 4 is 12.0 Å². The van der Waals surface area contributed by atoms with Crippen LogP contribution in [0.25, 0.3) is 6.08 Å². The smallest absolute Gasteiger partial charge is 0.341 e. The van der Waals surface area contributed by atoms with Gasteiger partial charge in [0.25, 0.3) is 0 Å². The molecule has 1 rings (SSSR count). The highest BCUT2D eigenvalue weighted by Gasteiger charge is 2.16. The summed E-state index contributed by atoms with van der Waals surface area (Å²) in [5, 5.41) is 8.50. The maximum absolute atomic E-state index is 13.1. The van der Waals surface area contributed by atoms with Gasteiger partial charge >= 0.3 is 5.97 Å². The Hall–Kier alpha value is -1.75. The third kappa shape index (κ3) is 2.60. The van der Waals surface area contributed by atoms with Gasteiger partial charge in [0.2, 0.25) is 0 Å². The third-order valence-electron chi connectivity index (χ3n) is 1.72. The Labute approximate surface area is 84.8 Å². The molecular formula is C10H9F2NO2. The van der Waals surface area contributed by atoms with E-state index in [0.29, 0.717) is 0 Å². The average molecular weight is 213 g/mol. The zero-order valence-electron chi connectivity index (χ0n) is 7.71. The van der Waals surface area contributed by atoms with Crippen LogP contribution in [0.4, 0.5) is 8.78 Å². The SMILES string of the molecule is NC/C=C/c1cc(F)c(C(=O)O)c(F)c1. The molecule has 0 aliphatic carbocycles. The number of carboxylic acids is 1. The van der Waals surface area contributed by atoms with Gasteiger partial charge < -0.3 is 10.8 Å². The molecule has 80 valence electrons. The molecule has 5 heteroatoms. The van der Waals surface area contributed by atoms with Crippen LogP contribution in [0.3, 0.4) is 0 Å². The van der Waals surface area contributed by atoms with Crippen molar-refractivity contribution in [3.05, 3.63) is 41.0 Å². The number of halogens is 2. The highest BCUT2D eigenvalue weighted by Crippen LogP contribution is 2.16. The van der Waals surface area contributed by atoms with Gasteiger partial charge in [-0.3, -0.25) is 0 Å². The molecular weight excluding hydrogens is 204 g/mol. The minimum atomic E-state index is -1.63. The molecule has 3 N–H and O–H groups in total. The molecule has 0 saturated heterocycles. The predicted molar refractivity (Wildman–Crippen MR) is 51.4 cm³/mol. The summed E-state index contributed by atoms with van der Waals surface area (Å²) >= 11 is 0. The van der Waals surface area contributed by atoms with Gasteiger partial charge in [-0.1, -0.05) is 12.2 Å². The number of benzene rings is 1. The quantitative estimate of drug-likeness (QED) is 0.802. The van der Waals surface area contributed by atoms with Crippen molar-refractivity contribution < 1.29 is 18.7 Å². The molecule has 0 radical (unpaired) electrons. The molecule has 0 saturated carbocycles. The van der Waals surface area contributed by atoms with Crippen molar-refractivity contribution in [1.82, 2.24) is 0 Å². The minimum Gasteiger partial charge on any atom is -0.477 e. The highest BCUT2D eigenvalue weighted by molar-refractivity contribution is 5.88. The maximum atomic E-state index is 13.1. The first-order valence-corrected chi connectivity index (χ1v) is 4.15. The van der Waals surface area contributed by atoms with Crippen LogP contribution in [0.15, 0.2) is 18.2 Å². The molecule has 3 nitrogen and oxygen atoms in total. The van der Waals surface area contributed by atoms with Crippen molar-refractivity contribution in [3.63, 3.8) is 0 Å². The lowest BCUT2D eigenvalue weighted by molar-refractivity contribution is 0.0686. The van der Waals surface area contributed by atoms with E-state index in [2.05, 4.69) is 0 Å². The van der Waals surface area contributed by atoms with E-state index in [4.69, 9.17) is 10.8 Å². The van der Waals surface area contributed by atoms with Crippen LogP contribution in [0, 0.1) is 11.6 Å². The summed E-state index contributed by atoms with van der Waals surface area (Å²) in [6.45, 7) is 0.240. The zero-order valence-corrected chi connectivity index (χ0v) is 7.71. The number of carbonyl (C=O) groups is 1. The number of carboxylic acid groups (broad SMARTS) is 1. The number of hydrogen-bond acceptors (Lipinski definition) is 2. The van der Waals surface area contributed by atoms with E-state index in [1.807, 2.05) is 0 Å². The molecule has 0 amide bonds. The van der Waals surface area contributed by atoms with Crippen LogP contribution in [0.1, 0.15) is 15.9 Å².